The van der Waals surface area contributed by atoms with Crippen molar-refractivity contribution < 1.29 is 0 Å². The van der Waals surface area contributed by atoms with Crippen LogP contribution in [-0.2, 0) is 0 Å². The zero-order chi connectivity index (χ0) is 12.6. The van der Waals surface area contributed by atoms with Gasteiger partial charge in [0.1, 0.15) is 0 Å². The molecule has 18 heavy (non-hydrogen) atoms. The van der Waals surface area contributed by atoms with E-state index >= 15 is 0 Å². The molecule has 0 amide bonds. The zero-order valence-electron chi connectivity index (χ0n) is 11.5. The average Bonchev–Trinajstić information content (AvgIpc) is 2.55. The van der Waals surface area contributed by atoms with Crippen LogP contribution < -0.4 is 11.1 Å². The quantitative estimate of drug-likeness (QED) is 0.577. The Morgan fingerprint density at radius 2 is 1.83 bits per heavy atom. The standard InChI is InChI=1S/C14H28N4/c15-14(17-12-13-6-5-7-13)16-8-11-18-9-3-1-2-4-10-18/h13H,1-12H2,(H3,15,16,17). The van der Waals surface area contributed by atoms with Crippen LogP contribution in [0.4, 0.5) is 0 Å². The Balaban J connectivity index is 1.55. The van der Waals surface area contributed by atoms with Crippen LogP contribution in [0.5, 0.6) is 0 Å². The minimum atomic E-state index is 0.636. The van der Waals surface area contributed by atoms with Crippen LogP contribution in [0.1, 0.15) is 44.9 Å². The van der Waals surface area contributed by atoms with Gasteiger partial charge in [-0.25, -0.2) is 0 Å². The second kappa shape index (κ2) is 7.62. The first-order chi connectivity index (χ1) is 8.84. The minimum Gasteiger partial charge on any atom is -0.370 e. The lowest BCUT2D eigenvalue weighted by Gasteiger charge is -2.23. The summed E-state index contributed by atoms with van der Waals surface area (Å²) in [6.45, 7) is 5.45. The molecular formula is C14H28N4. The molecule has 0 aromatic heterocycles. The number of rotatable bonds is 5. The van der Waals surface area contributed by atoms with Gasteiger partial charge in [-0.1, -0.05) is 19.3 Å². The van der Waals surface area contributed by atoms with Crippen LogP contribution in [0.3, 0.4) is 0 Å². The van der Waals surface area contributed by atoms with Crippen molar-refractivity contribution in [2.45, 2.75) is 44.9 Å². The molecule has 0 unspecified atom stereocenters. The Morgan fingerprint density at radius 1 is 1.11 bits per heavy atom. The molecule has 104 valence electrons. The molecule has 1 saturated heterocycles. The predicted octanol–water partition coefficient (Wildman–Crippen LogP) is 1.57. The predicted molar refractivity (Wildman–Crippen MR) is 76.7 cm³/mol. The normalized spacial score (nSPS) is 23.4. The number of aliphatic imine (C=N–C) groups is 1. The summed E-state index contributed by atoms with van der Waals surface area (Å²) in [4.78, 5) is 6.95. The zero-order valence-corrected chi connectivity index (χ0v) is 11.5. The van der Waals surface area contributed by atoms with Crippen molar-refractivity contribution in [3.63, 3.8) is 0 Å². The van der Waals surface area contributed by atoms with Crippen LogP contribution >= 0.6 is 0 Å². The van der Waals surface area contributed by atoms with Crippen molar-refractivity contribution in [1.29, 1.82) is 0 Å². The fraction of sp³-hybridized carbons (Fsp3) is 0.929. The highest BCUT2D eigenvalue weighted by Gasteiger charge is 2.16. The monoisotopic (exact) mass is 252 g/mol. The molecule has 4 heteroatoms. The fourth-order valence-corrected chi connectivity index (χ4v) is 2.66. The van der Waals surface area contributed by atoms with Crippen molar-refractivity contribution in [1.82, 2.24) is 10.2 Å². The first kappa shape index (κ1) is 13.7. The van der Waals surface area contributed by atoms with Crippen LogP contribution in [0, 0.1) is 5.92 Å². The number of likely N-dealkylation sites (tertiary alicyclic amines) is 1. The minimum absolute atomic E-state index is 0.636. The van der Waals surface area contributed by atoms with E-state index in [1.165, 1.54) is 58.0 Å². The van der Waals surface area contributed by atoms with Gasteiger partial charge < -0.3 is 16.0 Å². The Kier molecular flexibility index (Phi) is 5.78. The molecular weight excluding hydrogens is 224 g/mol. The maximum absolute atomic E-state index is 5.87. The van der Waals surface area contributed by atoms with Crippen molar-refractivity contribution in [2.24, 2.45) is 16.6 Å². The molecule has 0 aromatic rings. The van der Waals surface area contributed by atoms with Gasteiger partial charge in [0.25, 0.3) is 0 Å². The maximum Gasteiger partial charge on any atom is 0.188 e. The van der Waals surface area contributed by atoms with Crippen molar-refractivity contribution in [3.8, 4) is 0 Å². The first-order valence-corrected chi connectivity index (χ1v) is 7.61. The molecule has 0 bridgehead atoms. The van der Waals surface area contributed by atoms with E-state index in [2.05, 4.69) is 15.2 Å². The average molecular weight is 252 g/mol. The SMILES string of the molecule is NC(=NCC1CCC1)NCCN1CCCCCC1. The van der Waals surface area contributed by atoms with Gasteiger partial charge in [0.15, 0.2) is 5.96 Å². The van der Waals surface area contributed by atoms with E-state index in [1.807, 2.05) is 0 Å². The van der Waals surface area contributed by atoms with E-state index in [0.29, 0.717) is 5.96 Å². The molecule has 2 rings (SSSR count). The largest absolute Gasteiger partial charge is 0.370 e. The van der Waals surface area contributed by atoms with Crippen LogP contribution in [-0.4, -0.2) is 43.6 Å². The summed E-state index contributed by atoms with van der Waals surface area (Å²) in [5.74, 6) is 1.44. The number of guanidine groups is 1. The van der Waals surface area contributed by atoms with E-state index in [1.54, 1.807) is 0 Å². The third kappa shape index (κ3) is 4.84. The summed E-state index contributed by atoms with van der Waals surface area (Å²) in [6, 6.07) is 0. The van der Waals surface area contributed by atoms with Gasteiger partial charge in [0.05, 0.1) is 0 Å². The van der Waals surface area contributed by atoms with Crippen molar-refractivity contribution in [2.75, 3.05) is 32.7 Å². The summed E-state index contributed by atoms with van der Waals surface area (Å²) in [7, 11) is 0. The Bertz CT molecular complexity index is 253. The lowest BCUT2D eigenvalue weighted by atomic mass is 9.86. The molecule has 0 atom stereocenters. The molecule has 2 fully saturated rings. The highest BCUT2D eigenvalue weighted by atomic mass is 15.2. The number of nitrogens with one attached hydrogen (secondary N) is 1. The van der Waals surface area contributed by atoms with Gasteiger partial charge in [0.2, 0.25) is 0 Å². The molecule has 0 spiro atoms. The van der Waals surface area contributed by atoms with E-state index < -0.39 is 0 Å². The lowest BCUT2D eigenvalue weighted by Crippen LogP contribution is -2.39. The second-order valence-corrected chi connectivity index (χ2v) is 5.71. The number of nitrogens with two attached hydrogens (primary N) is 1. The van der Waals surface area contributed by atoms with Crippen molar-refractivity contribution in [3.05, 3.63) is 0 Å². The molecule has 2 aliphatic rings. The highest BCUT2D eigenvalue weighted by Crippen LogP contribution is 2.26. The number of hydrogen-bond acceptors (Lipinski definition) is 2. The molecule has 1 heterocycles. The number of hydrogen-bond donors (Lipinski definition) is 2. The second-order valence-electron chi connectivity index (χ2n) is 5.71. The maximum atomic E-state index is 5.87. The lowest BCUT2D eigenvalue weighted by molar-refractivity contribution is 0.289. The topological polar surface area (TPSA) is 53.6 Å². The summed E-state index contributed by atoms with van der Waals surface area (Å²) < 4.78 is 0. The summed E-state index contributed by atoms with van der Waals surface area (Å²) in [5.41, 5.74) is 5.87. The molecule has 0 aromatic carbocycles. The van der Waals surface area contributed by atoms with Crippen LogP contribution in [0.25, 0.3) is 0 Å². The third-order valence-corrected chi connectivity index (χ3v) is 4.18. The van der Waals surface area contributed by atoms with Crippen molar-refractivity contribution >= 4 is 5.96 Å². The summed E-state index contributed by atoms with van der Waals surface area (Å²) in [6.07, 6.45) is 9.55. The van der Waals surface area contributed by atoms with E-state index in [0.717, 1.165) is 25.6 Å². The Morgan fingerprint density at radius 3 is 2.44 bits per heavy atom. The smallest absolute Gasteiger partial charge is 0.188 e. The van der Waals surface area contributed by atoms with Gasteiger partial charge in [0, 0.05) is 19.6 Å². The number of nitrogens with zero attached hydrogens (tertiary/aromatic N) is 2. The van der Waals surface area contributed by atoms with Gasteiger partial charge in [-0.15, -0.1) is 0 Å². The molecule has 1 aliphatic carbocycles. The summed E-state index contributed by atoms with van der Waals surface area (Å²) >= 11 is 0. The van der Waals surface area contributed by atoms with Gasteiger partial charge in [-0.3, -0.25) is 4.99 Å². The molecule has 3 N–H and O–H groups in total. The molecule has 4 nitrogen and oxygen atoms in total. The van der Waals surface area contributed by atoms with Crippen LogP contribution in [0.15, 0.2) is 4.99 Å². The van der Waals surface area contributed by atoms with E-state index in [-0.39, 0.29) is 0 Å². The Labute approximate surface area is 111 Å². The third-order valence-electron chi connectivity index (χ3n) is 4.18. The van der Waals surface area contributed by atoms with Gasteiger partial charge >= 0.3 is 0 Å². The van der Waals surface area contributed by atoms with Crippen LogP contribution in [0.2, 0.25) is 0 Å². The van der Waals surface area contributed by atoms with Gasteiger partial charge in [-0.05, 0) is 44.7 Å². The Hall–Kier alpha value is -0.770. The van der Waals surface area contributed by atoms with E-state index in [4.69, 9.17) is 5.73 Å². The fourth-order valence-electron chi connectivity index (χ4n) is 2.66. The van der Waals surface area contributed by atoms with E-state index in [9.17, 15) is 0 Å². The molecule has 1 aliphatic heterocycles. The molecule has 1 saturated carbocycles. The highest BCUT2D eigenvalue weighted by molar-refractivity contribution is 5.77. The molecule has 0 radical (unpaired) electrons. The summed E-state index contributed by atoms with van der Waals surface area (Å²) in [5, 5.41) is 3.24. The van der Waals surface area contributed by atoms with Gasteiger partial charge in [-0.2, -0.15) is 0 Å². The first-order valence-electron chi connectivity index (χ1n) is 7.61.